The van der Waals surface area contributed by atoms with E-state index in [0.29, 0.717) is 24.4 Å². The monoisotopic (exact) mass is 316 g/mol. The van der Waals surface area contributed by atoms with Gasteiger partial charge in [-0.3, -0.25) is 4.79 Å². The van der Waals surface area contributed by atoms with Crippen LogP contribution in [0.3, 0.4) is 0 Å². The lowest BCUT2D eigenvalue weighted by Gasteiger charge is -2.29. The lowest BCUT2D eigenvalue weighted by molar-refractivity contribution is 0.0897. The maximum Gasteiger partial charge on any atom is 0.252 e. The predicted molar refractivity (Wildman–Crippen MR) is 84.5 cm³/mol. The minimum atomic E-state index is -0.678. The summed E-state index contributed by atoms with van der Waals surface area (Å²) in [7, 11) is 1.98. The van der Waals surface area contributed by atoms with Crippen LogP contribution in [0.1, 0.15) is 36.5 Å². The maximum atomic E-state index is 12.7. The van der Waals surface area contributed by atoms with Crippen LogP contribution in [0.15, 0.2) is 18.2 Å². The van der Waals surface area contributed by atoms with Gasteiger partial charge in [-0.2, -0.15) is 5.21 Å². The van der Waals surface area contributed by atoms with Crippen LogP contribution in [0.5, 0.6) is 5.75 Å². The molecule has 0 bridgehead atoms. The largest absolute Gasteiger partial charge is 0.490 e. The number of hydrogen-bond donors (Lipinski definition) is 2. The van der Waals surface area contributed by atoms with E-state index in [9.17, 15) is 4.79 Å². The van der Waals surface area contributed by atoms with E-state index in [1.807, 2.05) is 33.0 Å². The fraction of sp³-hybridized carbons (Fsp3) is 0.467. The summed E-state index contributed by atoms with van der Waals surface area (Å²) in [6, 6.07) is 5.44. The molecule has 1 aliphatic rings. The number of nitrogens with zero attached hydrogens (tertiary/aromatic N) is 4. The zero-order chi connectivity index (χ0) is 16.4. The summed E-state index contributed by atoms with van der Waals surface area (Å²) in [5, 5.41) is 17.0. The smallest absolute Gasteiger partial charge is 0.252 e. The minimum Gasteiger partial charge on any atom is -0.490 e. The van der Waals surface area contributed by atoms with Crippen molar-refractivity contribution >= 4 is 11.6 Å². The van der Waals surface area contributed by atoms with E-state index in [4.69, 9.17) is 4.74 Å². The van der Waals surface area contributed by atoms with Gasteiger partial charge in [0.15, 0.2) is 5.82 Å². The molecule has 1 aliphatic heterocycles. The molecule has 1 unspecified atom stereocenters. The first-order chi connectivity index (χ1) is 11.0. The topological polar surface area (TPSA) is 96.0 Å². The first kappa shape index (κ1) is 15.3. The van der Waals surface area contributed by atoms with Crippen molar-refractivity contribution in [3.63, 3.8) is 0 Å². The normalized spacial score (nSPS) is 16.2. The van der Waals surface area contributed by atoms with Crippen molar-refractivity contribution in [3.8, 4) is 5.75 Å². The predicted octanol–water partition coefficient (Wildman–Crippen LogP) is 1.08. The standard InChI is InChI=1S/C15H20N6O2/c1-4-15(2,14-17-19-20-18-14)16-13(22)10-5-6-12-11(9-10)21(3)7-8-23-12/h5-6,9H,4,7-8H2,1-3H3,(H,16,22)(H,17,18,19,20). The van der Waals surface area contributed by atoms with Crippen LogP contribution in [0.25, 0.3) is 0 Å². The Morgan fingerprint density at radius 3 is 3.04 bits per heavy atom. The first-order valence-corrected chi connectivity index (χ1v) is 7.58. The number of carbonyl (C=O) groups excluding carboxylic acids is 1. The molecule has 8 heteroatoms. The Morgan fingerprint density at radius 1 is 1.52 bits per heavy atom. The zero-order valence-electron chi connectivity index (χ0n) is 13.5. The highest BCUT2D eigenvalue weighted by atomic mass is 16.5. The van der Waals surface area contributed by atoms with Crippen LogP contribution in [0.4, 0.5) is 5.69 Å². The molecule has 3 rings (SSSR count). The zero-order valence-corrected chi connectivity index (χ0v) is 13.5. The van der Waals surface area contributed by atoms with Gasteiger partial charge in [-0.15, -0.1) is 10.2 Å². The van der Waals surface area contributed by atoms with E-state index >= 15 is 0 Å². The van der Waals surface area contributed by atoms with Gasteiger partial charge >= 0.3 is 0 Å². The quantitative estimate of drug-likeness (QED) is 0.876. The van der Waals surface area contributed by atoms with Gasteiger partial charge in [0, 0.05) is 12.6 Å². The van der Waals surface area contributed by atoms with Crippen molar-refractivity contribution in [1.29, 1.82) is 0 Å². The molecular weight excluding hydrogens is 296 g/mol. The highest BCUT2D eigenvalue weighted by Gasteiger charge is 2.31. The van der Waals surface area contributed by atoms with Gasteiger partial charge < -0.3 is 15.0 Å². The Kier molecular flexibility index (Phi) is 3.89. The van der Waals surface area contributed by atoms with E-state index < -0.39 is 5.54 Å². The van der Waals surface area contributed by atoms with Gasteiger partial charge in [0.25, 0.3) is 5.91 Å². The molecule has 122 valence electrons. The third-order valence-electron chi connectivity index (χ3n) is 4.25. The van der Waals surface area contributed by atoms with Crippen molar-refractivity contribution in [1.82, 2.24) is 25.9 Å². The Bertz CT molecular complexity index is 702. The van der Waals surface area contributed by atoms with Crippen LogP contribution in [0, 0.1) is 0 Å². The number of fused-ring (bicyclic) bond motifs is 1. The van der Waals surface area contributed by atoms with E-state index in [1.54, 1.807) is 6.07 Å². The number of aromatic amines is 1. The lowest BCUT2D eigenvalue weighted by Crippen LogP contribution is -2.44. The van der Waals surface area contributed by atoms with Gasteiger partial charge in [-0.05, 0) is 31.5 Å². The molecule has 1 aromatic carbocycles. The Balaban J connectivity index is 1.85. The van der Waals surface area contributed by atoms with Crippen LogP contribution < -0.4 is 15.0 Å². The third-order valence-corrected chi connectivity index (χ3v) is 4.25. The van der Waals surface area contributed by atoms with Crippen LogP contribution in [-0.4, -0.2) is 46.7 Å². The van der Waals surface area contributed by atoms with Gasteiger partial charge in [0.2, 0.25) is 0 Å². The van der Waals surface area contributed by atoms with Gasteiger partial charge in [-0.25, -0.2) is 0 Å². The summed E-state index contributed by atoms with van der Waals surface area (Å²) >= 11 is 0. The number of benzene rings is 1. The minimum absolute atomic E-state index is 0.180. The molecule has 0 radical (unpaired) electrons. The Morgan fingerprint density at radius 2 is 2.35 bits per heavy atom. The van der Waals surface area contributed by atoms with Gasteiger partial charge in [-0.1, -0.05) is 12.1 Å². The number of hydrogen-bond acceptors (Lipinski definition) is 6. The van der Waals surface area contributed by atoms with Crippen molar-refractivity contribution < 1.29 is 9.53 Å². The number of nitrogens with one attached hydrogen (secondary N) is 2. The van der Waals surface area contributed by atoms with E-state index in [0.717, 1.165) is 18.0 Å². The molecule has 23 heavy (non-hydrogen) atoms. The summed E-state index contributed by atoms with van der Waals surface area (Å²) < 4.78 is 5.60. The number of likely N-dealkylation sites (N-methyl/N-ethyl adjacent to an activating group) is 1. The molecule has 1 amide bonds. The summed E-state index contributed by atoms with van der Waals surface area (Å²) in [5.74, 6) is 1.08. The number of carbonyl (C=O) groups is 1. The summed E-state index contributed by atoms with van der Waals surface area (Å²) in [4.78, 5) is 14.7. The number of tetrazole rings is 1. The van der Waals surface area contributed by atoms with Gasteiger partial charge in [0.1, 0.15) is 17.9 Å². The van der Waals surface area contributed by atoms with Crippen molar-refractivity contribution in [2.75, 3.05) is 25.1 Å². The second-order valence-corrected chi connectivity index (χ2v) is 5.83. The molecule has 0 spiro atoms. The number of rotatable bonds is 4. The molecule has 2 N–H and O–H groups in total. The van der Waals surface area contributed by atoms with Gasteiger partial charge in [0.05, 0.1) is 12.2 Å². The van der Waals surface area contributed by atoms with Crippen LogP contribution >= 0.6 is 0 Å². The van der Waals surface area contributed by atoms with Crippen molar-refractivity contribution in [2.24, 2.45) is 0 Å². The van der Waals surface area contributed by atoms with E-state index in [2.05, 4.69) is 30.8 Å². The summed E-state index contributed by atoms with van der Waals surface area (Å²) in [6.45, 7) is 5.29. The van der Waals surface area contributed by atoms with Crippen LogP contribution in [0.2, 0.25) is 0 Å². The number of H-pyrrole nitrogens is 1. The number of ether oxygens (including phenoxy) is 1. The lowest BCUT2D eigenvalue weighted by atomic mass is 9.97. The maximum absolute atomic E-state index is 12.7. The molecule has 0 saturated heterocycles. The fourth-order valence-corrected chi connectivity index (χ4v) is 2.51. The molecular formula is C15H20N6O2. The van der Waals surface area contributed by atoms with Crippen molar-refractivity contribution in [2.45, 2.75) is 25.8 Å². The molecule has 0 saturated carbocycles. The summed E-state index contributed by atoms with van der Waals surface area (Å²) in [5.41, 5.74) is 0.813. The average Bonchev–Trinajstić information content (AvgIpc) is 3.10. The Hall–Kier alpha value is -2.64. The van der Waals surface area contributed by atoms with Crippen LogP contribution in [-0.2, 0) is 5.54 Å². The second-order valence-electron chi connectivity index (χ2n) is 5.83. The number of aromatic nitrogens is 4. The highest BCUT2D eigenvalue weighted by molar-refractivity contribution is 5.96. The SMILES string of the molecule is CCC(C)(NC(=O)c1ccc2c(c1)N(C)CCO2)c1nn[nH]n1. The highest BCUT2D eigenvalue weighted by Crippen LogP contribution is 2.31. The number of amides is 1. The second kappa shape index (κ2) is 5.86. The molecule has 0 aliphatic carbocycles. The molecule has 2 heterocycles. The molecule has 8 nitrogen and oxygen atoms in total. The Labute approximate surface area is 134 Å². The summed E-state index contributed by atoms with van der Waals surface area (Å²) in [6.07, 6.45) is 0.645. The van der Waals surface area contributed by atoms with Crippen molar-refractivity contribution in [3.05, 3.63) is 29.6 Å². The molecule has 0 fully saturated rings. The third kappa shape index (κ3) is 2.84. The van der Waals surface area contributed by atoms with E-state index in [-0.39, 0.29) is 5.91 Å². The molecule has 2 aromatic rings. The fourth-order valence-electron chi connectivity index (χ4n) is 2.51. The molecule has 1 atom stereocenters. The first-order valence-electron chi connectivity index (χ1n) is 7.58. The van der Waals surface area contributed by atoms with E-state index in [1.165, 1.54) is 0 Å². The number of anilines is 1. The average molecular weight is 316 g/mol. The molecule has 1 aromatic heterocycles.